The maximum atomic E-state index is 12.0. The zero-order valence-electron chi connectivity index (χ0n) is 26.9. The third-order valence-corrected chi connectivity index (χ3v) is 7.10. The summed E-state index contributed by atoms with van der Waals surface area (Å²) in [6.07, 6.45) is 3.47. The van der Waals surface area contributed by atoms with E-state index in [1.165, 1.54) is 6.92 Å². The Morgan fingerprint density at radius 1 is 0.762 bits per heavy atom. The molecule has 0 unspecified atom stereocenters. The molecule has 0 atom stereocenters. The van der Waals surface area contributed by atoms with Crippen LogP contribution in [0.3, 0.4) is 0 Å². The molecule has 3 aromatic carbocycles. The normalized spacial score (nSPS) is 12.4. The molecule has 1 radical (unpaired) electrons. The number of hydrogen-bond donors (Lipinski definition) is 1. The molecule has 227 valence electrons. The molecular weight excluding hydrogens is 567 g/mol. The minimum atomic E-state index is -0.367. The fraction of sp³-hybridized carbons (Fsp3) is 0.417. The second-order valence-electron chi connectivity index (χ2n) is 13.4. The molecular formula is C36H46CoN2O3. The van der Waals surface area contributed by atoms with E-state index in [0.29, 0.717) is 22.7 Å². The topological polar surface area (TPSA) is 71.2 Å². The largest absolute Gasteiger partial charge is 0.507 e. The van der Waals surface area contributed by atoms with Crippen LogP contribution in [-0.4, -0.2) is 23.5 Å². The molecule has 0 aliphatic heterocycles. The summed E-state index contributed by atoms with van der Waals surface area (Å²) in [6.45, 7) is 22.7. The van der Waals surface area contributed by atoms with Gasteiger partial charge in [-0.1, -0.05) is 93.5 Å². The fourth-order valence-electron chi connectivity index (χ4n) is 4.51. The van der Waals surface area contributed by atoms with Gasteiger partial charge in [-0.05, 0) is 69.2 Å². The Balaban J connectivity index is 0.00000616. The van der Waals surface area contributed by atoms with Gasteiger partial charge in [-0.15, -0.1) is 0 Å². The number of para-hydroxylation sites is 2. The number of rotatable bonds is 7. The van der Waals surface area contributed by atoms with Crippen LogP contribution in [0.25, 0.3) is 0 Å². The summed E-state index contributed by atoms with van der Waals surface area (Å²) in [5.41, 5.74) is 6.74. The van der Waals surface area contributed by atoms with Crippen LogP contribution in [0.4, 0.5) is 11.4 Å². The molecule has 0 spiro atoms. The van der Waals surface area contributed by atoms with E-state index in [2.05, 4.69) is 81.4 Å². The van der Waals surface area contributed by atoms with Gasteiger partial charge in [0.2, 0.25) is 0 Å². The van der Waals surface area contributed by atoms with Gasteiger partial charge >= 0.3 is 5.97 Å². The maximum absolute atomic E-state index is 12.0. The van der Waals surface area contributed by atoms with Gasteiger partial charge in [0.15, 0.2) is 0 Å². The van der Waals surface area contributed by atoms with Crippen molar-refractivity contribution in [3.05, 3.63) is 81.9 Å². The van der Waals surface area contributed by atoms with Crippen LogP contribution in [0.15, 0.2) is 58.5 Å². The average molecular weight is 614 g/mol. The first-order valence-corrected chi connectivity index (χ1v) is 14.4. The second-order valence-corrected chi connectivity index (χ2v) is 13.4. The Morgan fingerprint density at radius 3 is 1.62 bits per heavy atom. The van der Waals surface area contributed by atoms with E-state index in [9.17, 15) is 9.90 Å². The molecule has 3 aromatic rings. The summed E-state index contributed by atoms with van der Waals surface area (Å²) in [6, 6.07) is 15.9. The Kier molecular flexibility index (Phi) is 11.5. The van der Waals surface area contributed by atoms with Gasteiger partial charge in [0.1, 0.15) is 11.5 Å². The first-order valence-electron chi connectivity index (χ1n) is 14.4. The van der Waals surface area contributed by atoms with Crippen molar-refractivity contribution in [1.29, 1.82) is 0 Å². The van der Waals surface area contributed by atoms with Crippen LogP contribution in [0.1, 0.15) is 121 Å². The number of carbonyl (C=O) groups excluding carboxylic acids is 1. The Morgan fingerprint density at radius 2 is 1.19 bits per heavy atom. The van der Waals surface area contributed by atoms with Crippen molar-refractivity contribution in [2.45, 2.75) is 98.8 Å². The summed E-state index contributed by atoms with van der Waals surface area (Å²) in [7, 11) is 0. The van der Waals surface area contributed by atoms with E-state index in [1.54, 1.807) is 12.4 Å². The molecule has 0 aromatic heterocycles. The van der Waals surface area contributed by atoms with Crippen LogP contribution in [0, 0.1) is 0 Å². The number of nitrogens with zero attached hydrogens (tertiary/aromatic N) is 2. The van der Waals surface area contributed by atoms with Crippen molar-refractivity contribution in [1.82, 2.24) is 0 Å². The van der Waals surface area contributed by atoms with Gasteiger partial charge < -0.3 is 9.84 Å². The SMILES string of the molecule is CC(=O)Oc1c(C=Nc2ccccc2N=Cc2cc(C(C)(C)C)cc(C(C)C)c2O)cc(C(C)(C)C)cc1C(C)C.[Co]. The van der Waals surface area contributed by atoms with E-state index in [0.717, 1.165) is 27.8 Å². The van der Waals surface area contributed by atoms with Crippen LogP contribution in [-0.2, 0) is 32.4 Å². The number of carbonyl (C=O) groups is 1. The summed E-state index contributed by atoms with van der Waals surface area (Å²) in [4.78, 5) is 21.6. The molecule has 1 N–H and O–H groups in total. The first-order chi connectivity index (χ1) is 19.0. The number of hydrogen-bond acceptors (Lipinski definition) is 5. The zero-order valence-corrected chi connectivity index (χ0v) is 28.0. The molecule has 0 saturated heterocycles. The number of esters is 1. The van der Waals surface area contributed by atoms with E-state index >= 15 is 0 Å². The standard InChI is InChI=1S/C36H46N2O3.Co/c1-22(2)29-18-27(35(6,7)8)16-25(33(29)40)20-37-31-14-12-13-15-32(31)38-21-26-17-28(36(9,10)11)19-30(23(3)4)34(26)41-24(5)39;/h12-23,40H,1-11H3;. The Bertz CT molecular complexity index is 1470. The van der Waals surface area contributed by atoms with Crippen molar-refractivity contribution in [2.75, 3.05) is 0 Å². The second kappa shape index (κ2) is 13.8. The van der Waals surface area contributed by atoms with Crippen LogP contribution >= 0.6 is 0 Å². The van der Waals surface area contributed by atoms with E-state index in [-0.39, 0.29) is 51.2 Å². The van der Waals surface area contributed by atoms with Gasteiger partial charge in [-0.2, -0.15) is 0 Å². The molecule has 0 bridgehead atoms. The molecule has 0 saturated carbocycles. The van der Waals surface area contributed by atoms with Crippen LogP contribution in [0.2, 0.25) is 0 Å². The van der Waals surface area contributed by atoms with Crippen LogP contribution in [0.5, 0.6) is 11.5 Å². The average Bonchev–Trinajstić information content (AvgIpc) is 2.85. The zero-order chi connectivity index (χ0) is 30.7. The third-order valence-electron chi connectivity index (χ3n) is 7.10. The van der Waals surface area contributed by atoms with Crippen molar-refractivity contribution in [3.63, 3.8) is 0 Å². The summed E-state index contributed by atoms with van der Waals surface area (Å²) in [5, 5.41) is 11.1. The molecule has 0 aliphatic rings. The predicted molar refractivity (Wildman–Crippen MR) is 172 cm³/mol. The monoisotopic (exact) mass is 613 g/mol. The van der Waals surface area contributed by atoms with Gasteiger partial charge in [0.25, 0.3) is 0 Å². The van der Waals surface area contributed by atoms with E-state index < -0.39 is 0 Å². The molecule has 0 fully saturated rings. The van der Waals surface area contributed by atoms with Crippen molar-refractivity contribution in [2.24, 2.45) is 9.98 Å². The number of phenols is 1. The quantitative estimate of drug-likeness (QED) is 0.164. The van der Waals surface area contributed by atoms with Crippen molar-refractivity contribution < 1.29 is 31.4 Å². The smallest absolute Gasteiger partial charge is 0.308 e. The molecule has 0 amide bonds. The molecule has 5 nitrogen and oxygen atoms in total. The Hall–Kier alpha value is -3.22. The van der Waals surface area contributed by atoms with E-state index in [1.807, 2.05) is 36.4 Å². The minimum absolute atomic E-state index is 0. The van der Waals surface area contributed by atoms with E-state index in [4.69, 9.17) is 14.7 Å². The number of aliphatic imine (C=N–C) groups is 2. The molecule has 0 aliphatic carbocycles. The third kappa shape index (κ3) is 8.65. The molecule has 42 heavy (non-hydrogen) atoms. The van der Waals surface area contributed by atoms with Gasteiger partial charge in [0.05, 0.1) is 11.4 Å². The summed E-state index contributed by atoms with van der Waals surface area (Å²) in [5.74, 6) is 0.753. The number of phenolic OH excluding ortho intramolecular Hbond substituents is 1. The van der Waals surface area contributed by atoms with Crippen LogP contribution < -0.4 is 4.74 Å². The number of ether oxygens (including phenoxy) is 1. The predicted octanol–water partition coefficient (Wildman–Crippen LogP) is 9.66. The molecule has 0 heterocycles. The number of benzene rings is 3. The molecule has 6 heteroatoms. The first kappa shape index (κ1) is 35.0. The van der Waals surface area contributed by atoms with Crippen molar-refractivity contribution >= 4 is 29.8 Å². The summed E-state index contributed by atoms with van der Waals surface area (Å²) < 4.78 is 5.72. The summed E-state index contributed by atoms with van der Waals surface area (Å²) >= 11 is 0. The minimum Gasteiger partial charge on any atom is -0.507 e. The number of aromatic hydroxyl groups is 1. The van der Waals surface area contributed by atoms with Crippen molar-refractivity contribution in [3.8, 4) is 11.5 Å². The van der Waals surface area contributed by atoms with Gasteiger partial charge in [-0.3, -0.25) is 14.8 Å². The fourth-order valence-corrected chi connectivity index (χ4v) is 4.51. The molecule has 3 rings (SSSR count). The maximum Gasteiger partial charge on any atom is 0.308 e. The van der Waals surface area contributed by atoms with Gasteiger partial charge in [-0.25, -0.2) is 0 Å². The van der Waals surface area contributed by atoms with Gasteiger partial charge in [0, 0.05) is 47.3 Å². The Labute approximate surface area is 262 Å².